The highest BCUT2D eigenvalue weighted by Crippen LogP contribution is 2.35. The fourth-order valence-corrected chi connectivity index (χ4v) is 3.93. The number of rotatable bonds is 12. The van der Waals surface area contributed by atoms with Crippen molar-refractivity contribution in [3.05, 3.63) is 71.7 Å². The molecule has 0 spiro atoms. The van der Waals surface area contributed by atoms with Gasteiger partial charge in [0.25, 0.3) is 0 Å². The van der Waals surface area contributed by atoms with Crippen LogP contribution in [-0.4, -0.2) is 51.7 Å². The predicted octanol–water partition coefficient (Wildman–Crippen LogP) is 5.11. The monoisotopic (exact) mass is 467 g/mol. The van der Waals surface area contributed by atoms with Crippen LogP contribution in [0.15, 0.2) is 54.6 Å². The van der Waals surface area contributed by atoms with Gasteiger partial charge in [0.2, 0.25) is 5.88 Å². The number of hydrogen-bond acceptors (Lipinski definition) is 5. The molecule has 1 aromatic heterocycles. The van der Waals surface area contributed by atoms with E-state index in [0.717, 1.165) is 29.8 Å². The average molecular weight is 468 g/mol. The highest BCUT2D eigenvalue weighted by molar-refractivity contribution is 5.43. The SMILES string of the molecule is Cc1nn(-c2ccccc2)c(Oc2ccc(F)cc2)c1CN(C[C@H](O)COCC(C)C)C1CC1. The summed E-state index contributed by atoms with van der Waals surface area (Å²) >= 11 is 0. The number of halogens is 1. The Morgan fingerprint density at radius 3 is 2.44 bits per heavy atom. The molecule has 4 rings (SSSR count). The summed E-state index contributed by atoms with van der Waals surface area (Å²) < 4.78 is 27.2. The van der Waals surface area contributed by atoms with E-state index in [2.05, 4.69) is 18.7 Å². The lowest BCUT2D eigenvalue weighted by Gasteiger charge is -2.25. The third kappa shape index (κ3) is 6.44. The van der Waals surface area contributed by atoms with Gasteiger partial charge in [-0.25, -0.2) is 9.07 Å². The second-order valence-corrected chi connectivity index (χ2v) is 9.42. The number of nitrogens with zero attached hydrogens (tertiary/aromatic N) is 3. The van der Waals surface area contributed by atoms with Crippen LogP contribution < -0.4 is 4.74 Å². The molecule has 0 saturated heterocycles. The molecular formula is C27H34FN3O3. The molecular weight excluding hydrogens is 433 g/mol. The second-order valence-electron chi connectivity index (χ2n) is 9.42. The number of aliphatic hydroxyl groups is 1. The Balaban J connectivity index is 1.59. The molecule has 1 aliphatic carbocycles. The van der Waals surface area contributed by atoms with Crippen molar-refractivity contribution < 1.29 is 19.0 Å². The Labute approximate surface area is 200 Å². The van der Waals surface area contributed by atoms with Crippen LogP contribution in [0.2, 0.25) is 0 Å². The number of hydrogen-bond donors (Lipinski definition) is 1. The van der Waals surface area contributed by atoms with Crippen molar-refractivity contribution in [2.75, 3.05) is 19.8 Å². The molecule has 7 heteroatoms. The van der Waals surface area contributed by atoms with E-state index in [1.54, 1.807) is 16.8 Å². The van der Waals surface area contributed by atoms with Crippen LogP contribution >= 0.6 is 0 Å². The smallest absolute Gasteiger partial charge is 0.227 e. The number of aliphatic hydroxyl groups excluding tert-OH is 1. The van der Waals surface area contributed by atoms with Crippen molar-refractivity contribution in [3.8, 4) is 17.3 Å². The first-order valence-electron chi connectivity index (χ1n) is 12.0. The molecule has 1 fully saturated rings. The summed E-state index contributed by atoms with van der Waals surface area (Å²) in [6.07, 6.45) is 1.66. The van der Waals surface area contributed by atoms with Gasteiger partial charge in [-0.3, -0.25) is 4.90 Å². The normalized spacial score (nSPS) is 14.7. The van der Waals surface area contributed by atoms with E-state index in [-0.39, 0.29) is 5.82 Å². The van der Waals surface area contributed by atoms with Crippen molar-refractivity contribution in [1.29, 1.82) is 0 Å². The lowest BCUT2D eigenvalue weighted by atomic mass is 10.2. The third-order valence-corrected chi connectivity index (χ3v) is 5.80. The number of aromatic nitrogens is 2. The molecule has 0 aliphatic heterocycles. The number of benzene rings is 2. The fraction of sp³-hybridized carbons (Fsp3) is 0.444. The van der Waals surface area contributed by atoms with Crippen molar-refractivity contribution in [1.82, 2.24) is 14.7 Å². The van der Waals surface area contributed by atoms with Gasteiger partial charge >= 0.3 is 0 Å². The first-order valence-corrected chi connectivity index (χ1v) is 12.0. The van der Waals surface area contributed by atoms with E-state index >= 15 is 0 Å². The van der Waals surface area contributed by atoms with Crippen LogP contribution in [0.25, 0.3) is 5.69 Å². The largest absolute Gasteiger partial charge is 0.439 e. The van der Waals surface area contributed by atoms with Crippen LogP contribution in [0, 0.1) is 18.7 Å². The Hall–Kier alpha value is -2.74. The minimum Gasteiger partial charge on any atom is -0.439 e. The summed E-state index contributed by atoms with van der Waals surface area (Å²) in [4.78, 5) is 2.29. The highest BCUT2D eigenvalue weighted by Gasteiger charge is 2.32. The van der Waals surface area contributed by atoms with Crippen LogP contribution in [0.4, 0.5) is 4.39 Å². The molecule has 0 bridgehead atoms. The lowest BCUT2D eigenvalue weighted by Crippen LogP contribution is -2.36. The van der Waals surface area contributed by atoms with Crippen molar-refractivity contribution in [3.63, 3.8) is 0 Å². The van der Waals surface area contributed by atoms with Gasteiger partial charge in [-0.1, -0.05) is 32.0 Å². The molecule has 0 unspecified atom stereocenters. The van der Waals surface area contributed by atoms with Gasteiger partial charge < -0.3 is 14.6 Å². The molecule has 182 valence electrons. The quantitative estimate of drug-likeness (QED) is 0.401. The zero-order valence-corrected chi connectivity index (χ0v) is 20.2. The van der Waals surface area contributed by atoms with Crippen LogP contribution in [0.3, 0.4) is 0 Å². The predicted molar refractivity (Wildman–Crippen MR) is 130 cm³/mol. The summed E-state index contributed by atoms with van der Waals surface area (Å²) in [5, 5.41) is 15.4. The topological polar surface area (TPSA) is 59.8 Å². The van der Waals surface area contributed by atoms with E-state index in [1.807, 2.05) is 37.3 Å². The van der Waals surface area contributed by atoms with Gasteiger partial charge in [0.05, 0.1) is 29.7 Å². The summed E-state index contributed by atoms with van der Waals surface area (Å²) in [5.41, 5.74) is 2.70. The molecule has 0 amide bonds. The van der Waals surface area contributed by atoms with Crippen molar-refractivity contribution >= 4 is 0 Å². The van der Waals surface area contributed by atoms with E-state index in [4.69, 9.17) is 14.6 Å². The van der Waals surface area contributed by atoms with Gasteiger partial charge in [-0.2, -0.15) is 5.10 Å². The average Bonchev–Trinajstić information content (AvgIpc) is 3.62. The summed E-state index contributed by atoms with van der Waals surface area (Å²) in [6.45, 7) is 8.24. The Kier molecular flexibility index (Phi) is 7.98. The molecule has 1 heterocycles. The molecule has 34 heavy (non-hydrogen) atoms. The molecule has 3 aromatic rings. The standard InChI is InChI=1S/C27H34FN3O3/c1-19(2)17-33-18-24(32)15-30(22-11-12-22)16-26-20(3)29-31(23-7-5-4-6-8-23)27(26)34-25-13-9-21(28)10-14-25/h4-10,13-14,19,22,24,32H,11-12,15-18H2,1-3H3/t24-/m0/s1. The van der Waals surface area contributed by atoms with Gasteiger partial charge in [0.1, 0.15) is 11.6 Å². The first-order chi connectivity index (χ1) is 16.4. The molecule has 6 nitrogen and oxygen atoms in total. The van der Waals surface area contributed by atoms with Crippen LogP contribution in [-0.2, 0) is 11.3 Å². The number of para-hydroxylation sites is 1. The van der Waals surface area contributed by atoms with E-state index in [1.165, 1.54) is 12.1 Å². The molecule has 0 radical (unpaired) electrons. The molecule has 2 aromatic carbocycles. The Morgan fingerprint density at radius 2 is 1.79 bits per heavy atom. The van der Waals surface area contributed by atoms with E-state index in [0.29, 0.717) is 49.9 Å². The van der Waals surface area contributed by atoms with Crippen LogP contribution in [0.1, 0.15) is 37.9 Å². The summed E-state index contributed by atoms with van der Waals surface area (Å²) in [6, 6.07) is 16.2. The summed E-state index contributed by atoms with van der Waals surface area (Å²) in [7, 11) is 0. The molecule has 1 N–H and O–H groups in total. The number of aryl methyl sites for hydroxylation is 1. The minimum absolute atomic E-state index is 0.311. The zero-order valence-electron chi connectivity index (χ0n) is 20.2. The summed E-state index contributed by atoms with van der Waals surface area (Å²) in [5.74, 6) is 1.27. The van der Waals surface area contributed by atoms with E-state index in [9.17, 15) is 9.50 Å². The maximum Gasteiger partial charge on any atom is 0.227 e. The lowest BCUT2D eigenvalue weighted by molar-refractivity contribution is 0.00536. The van der Waals surface area contributed by atoms with Gasteiger partial charge in [0, 0.05) is 25.7 Å². The molecule has 1 saturated carbocycles. The highest BCUT2D eigenvalue weighted by atomic mass is 19.1. The van der Waals surface area contributed by atoms with Crippen LogP contribution in [0.5, 0.6) is 11.6 Å². The second kappa shape index (κ2) is 11.1. The number of ether oxygens (including phenoxy) is 2. The Bertz CT molecular complexity index is 1050. The van der Waals surface area contributed by atoms with Crippen molar-refractivity contribution in [2.45, 2.75) is 52.3 Å². The molecule has 1 atom stereocenters. The van der Waals surface area contributed by atoms with E-state index < -0.39 is 6.10 Å². The maximum absolute atomic E-state index is 13.5. The van der Waals surface area contributed by atoms with Gasteiger partial charge in [0.15, 0.2) is 0 Å². The zero-order chi connectivity index (χ0) is 24.1. The molecule has 1 aliphatic rings. The maximum atomic E-state index is 13.5. The first kappa shape index (κ1) is 24.4. The Morgan fingerprint density at radius 1 is 1.09 bits per heavy atom. The van der Waals surface area contributed by atoms with Crippen molar-refractivity contribution in [2.24, 2.45) is 5.92 Å². The third-order valence-electron chi connectivity index (χ3n) is 5.80. The van der Waals surface area contributed by atoms with Gasteiger partial charge in [-0.05, 0) is 62.1 Å². The minimum atomic E-state index is -0.565. The fourth-order valence-electron chi connectivity index (χ4n) is 3.93. The van der Waals surface area contributed by atoms with Gasteiger partial charge in [-0.15, -0.1) is 0 Å².